The van der Waals surface area contributed by atoms with E-state index in [2.05, 4.69) is 10.3 Å². The van der Waals surface area contributed by atoms with Crippen LogP contribution in [0.5, 0.6) is 0 Å². The molecule has 2 aromatic carbocycles. The smallest absolute Gasteiger partial charge is 0.308 e. The van der Waals surface area contributed by atoms with Gasteiger partial charge in [0.15, 0.2) is 5.78 Å². The van der Waals surface area contributed by atoms with Crippen LogP contribution in [-0.4, -0.2) is 42.4 Å². The number of rotatable bonds is 11. The number of aliphatic imine (C=N–C) groups is 1. The van der Waals surface area contributed by atoms with Gasteiger partial charge in [0.1, 0.15) is 13.2 Å². The standard InChI is InChI=1S/C27H30F2N2O4/c1-19(26(34)35-17-20-6-3-2-4-7-20)10-11-24(32)16-30-25(33)22-9-5-8-21(14-22)15-23-12-13-27(28,29)18-31-23/h2-9,14,19H,10-13,15-18H2,1H3,(H,30,33)/t19-/m0/s1. The number of alkyl halides is 2. The number of Topliss-reactive ketones (excluding diaryl/α,β-unsaturated/α-hetero) is 1. The summed E-state index contributed by atoms with van der Waals surface area (Å²) in [7, 11) is 0. The maximum absolute atomic E-state index is 13.3. The predicted molar refractivity (Wildman–Crippen MR) is 129 cm³/mol. The van der Waals surface area contributed by atoms with Crippen molar-refractivity contribution in [3.63, 3.8) is 0 Å². The third kappa shape index (κ3) is 8.70. The minimum absolute atomic E-state index is 0.142. The Bertz CT molecular complexity index is 1070. The molecule has 1 atom stereocenters. The lowest BCUT2D eigenvalue weighted by molar-refractivity contribution is -0.149. The summed E-state index contributed by atoms with van der Waals surface area (Å²) in [5, 5.41) is 2.61. The van der Waals surface area contributed by atoms with Gasteiger partial charge < -0.3 is 10.1 Å². The van der Waals surface area contributed by atoms with Gasteiger partial charge >= 0.3 is 5.97 Å². The third-order valence-corrected chi connectivity index (χ3v) is 5.84. The highest BCUT2D eigenvalue weighted by Gasteiger charge is 2.32. The lowest BCUT2D eigenvalue weighted by Crippen LogP contribution is -2.30. The largest absolute Gasteiger partial charge is 0.461 e. The number of nitrogens with zero attached hydrogens (tertiary/aromatic N) is 1. The first-order valence-electron chi connectivity index (χ1n) is 11.7. The summed E-state index contributed by atoms with van der Waals surface area (Å²) in [5.41, 5.74) is 2.77. The Morgan fingerprint density at radius 1 is 1.09 bits per heavy atom. The molecule has 0 saturated heterocycles. The zero-order chi connectivity index (χ0) is 25.3. The molecule has 0 fully saturated rings. The summed E-state index contributed by atoms with van der Waals surface area (Å²) in [5.74, 6) is -4.12. The molecule has 1 aliphatic rings. The number of halogens is 2. The van der Waals surface area contributed by atoms with Crippen molar-refractivity contribution in [2.75, 3.05) is 13.1 Å². The number of hydrogen-bond acceptors (Lipinski definition) is 5. The fourth-order valence-electron chi connectivity index (χ4n) is 3.65. The highest BCUT2D eigenvalue weighted by molar-refractivity contribution is 5.97. The molecule has 186 valence electrons. The lowest BCUT2D eigenvalue weighted by atomic mass is 9.98. The summed E-state index contributed by atoms with van der Waals surface area (Å²) in [6, 6.07) is 16.2. The molecule has 3 rings (SSSR count). The second kappa shape index (κ2) is 12.3. The second-order valence-corrected chi connectivity index (χ2v) is 8.87. The fourth-order valence-corrected chi connectivity index (χ4v) is 3.65. The van der Waals surface area contributed by atoms with E-state index in [1.807, 2.05) is 36.4 Å². The van der Waals surface area contributed by atoms with Gasteiger partial charge in [-0.2, -0.15) is 0 Å². The van der Waals surface area contributed by atoms with Gasteiger partial charge in [-0.15, -0.1) is 0 Å². The number of benzene rings is 2. The maximum Gasteiger partial charge on any atom is 0.308 e. The first kappa shape index (κ1) is 26.2. The SMILES string of the molecule is C[C@@H](CCC(=O)CNC(=O)c1cccc(CC2=NCC(F)(F)CC2)c1)C(=O)OCc1ccccc1. The number of ether oxygens (including phenoxy) is 1. The molecular formula is C27H30F2N2O4. The van der Waals surface area contributed by atoms with Crippen molar-refractivity contribution in [3.05, 3.63) is 71.3 Å². The van der Waals surface area contributed by atoms with Gasteiger partial charge in [0.05, 0.1) is 12.5 Å². The molecule has 0 aliphatic carbocycles. The summed E-state index contributed by atoms with van der Waals surface area (Å²) < 4.78 is 31.8. The number of hydrogen-bond donors (Lipinski definition) is 1. The fraction of sp³-hybridized carbons (Fsp3) is 0.407. The number of amides is 1. The zero-order valence-electron chi connectivity index (χ0n) is 19.8. The van der Waals surface area contributed by atoms with Crippen LogP contribution in [0.15, 0.2) is 59.6 Å². The highest BCUT2D eigenvalue weighted by atomic mass is 19.3. The van der Waals surface area contributed by atoms with E-state index >= 15 is 0 Å². The average Bonchev–Trinajstić information content (AvgIpc) is 2.86. The van der Waals surface area contributed by atoms with Crippen molar-refractivity contribution in [3.8, 4) is 0 Å². The third-order valence-electron chi connectivity index (χ3n) is 5.84. The summed E-state index contributed by atoms with van der Waals surface area (Å²) >= 11 is 0. The Labute approximate surface area is 203 Å². The molecule has 6 nitrogen and oxygen atoms in total. The van der Waals surface area contributed by atoms with E-state index in [9.17, 15) is 23.2 Å². The van der Waals surface area contributed by atoms with Crippen LogP contribution in [0.4, 0.5) is 8.78 Å². The van der Waals surface area contributed by atoms with E-state index in [0.29, 0.717) is 24.1 Å². The van der Waals surface area contributed by atoms with Crippen molar-refractivity contribution in [2.45, 2.75) is 51.6 Å². The van der Waals surface area contributed by atoms with Crippen molar-refractivity contribution in [2.24, 2.45) is 10.9 Å². The first-order valence-corrected chi connectivity index (χ1v) is 11.7. The highest BCUT2D eigenvalue weighted by Crippen LogP contribution is 2.26. The van der Waals surface area contributed by atoms with E-state index < -0.39 is 24.3 Å². The molecule has 0 unspecified atom stereocenters. The monoisotopic (exact) mass is 484 g/mol. The maximum atomic E-state index is 13.3. The van der Waals surface area contributed by atoms with E-state index in [0.717, 1.165) is 11.1 Å². The molecule has 1 aliphatic heterocycles. The molecular weight excluding hydrogens is 454 g/mol. The lowest BCUT2D eigenvalue weighted by Gasteiger charge is -2.20. The average molecular weight is 485 g/mol. The Hall–Kier alpha value is -3.42. The topological polar surface area (TPSA) is 84.8 Å². The molecule has 2 aromatic rings. The molecule has 1 amide bonds. The van der Waals surface area contributed by atoms with Crippen molar-refractivity contribution < 1.29 is 27.9 Å². The van der Waals surface area contributed by atoms with Gasteiger partial charge in [-0.3, -0.25) is 19.4 Å². The molecule has 0 aromatic heterocycles. The Kier molecular flexibility index (Phi) is 9.23. The van der Waals surface area contributed by atoms with Gasteiger partial charge in [0.2, 0.25) is 0 Å². The van der Waals surface area contributed by atoms with Crippen LogP contribution in [0.1, 0.15) is 54.1 Å². The van der Waals surface area contributed by atoms with Crippen LogP contribution in [-0.2, 0) is 27.4 Å². The van der Waals surface area contributed by atoms with Crippen LogP contribution >= 0.6 is 0 Å². The van der Waals surface area contributed by atoms with Gasteiger partial charge in [-0.1, -0.05) is 49.4 Å². The van der Waals surface area contributed by atoms with Crippen molar-refractivity contribution in [1.29, 1.82) is 0 Å². The van der Waals surface area contributed by atoms with Gasteiger partial charge in [0, 0.05) is 30.5 Å². The van der Waals surface area contributed by atoms with E-state index in [-0.39, 0.29) is 44.2 Å². The zero-order valence-corrected chi connectivity index (χ0v) is 19.8. The van der Waals surface area contributed by atoms with Gasteiger partial charge in [0.25, 0.3) is 11.8 Å². The molecule has 1 heterocycles. The number of esters is 1. The van der Waals surface area contributed by atoms with Gasteiger partial charge in [-0.05, 0) is 36.1 Å². The molecule has 0 radical (unpaired) electrons. The number of nitrogens with one attached hydrogen (secondary N) is 1. The van der Waals surface area contributed by atoms with Crippen molar-refractivity contribution in [1.82, 2.24) is 5.32 Å². The minimum Gasteiger partial charge on any atom is -0.461 e. The quantitative estimate of drug-likeness (QED) is 0.474. The van der Waals surface area contributed by atoms with E-state index in [4.69, 9.17) is 4.74 Å². The molecule has 0 saturated carbocycles. The van der Waals surface area contributed by atoms with Crippen LogP contribution in [0.2, 0.25) is 0 Å². The number of ketones is 1. The van der Waals surface area contributed by atoms with Crippen LogP contribution < -0.4 is 5.32 Å². The van der Waals surface area contributed by atoms with Crippen molar-refractivity contribution >= 4 is 23.4 Å². The van der Waals surface area contributed by atoms with E-state index in [1.165, 1.54) is 0 Å². The Morgan fingerprint density at radius 2 is 1.83 bits per heavy atom. The molecule has 8 heteroatoms. The number of carbonyl (C=O) groups excluding carboxylic acids is 3. The minimum atomic E-state index is -2.74. The summed E-state index contributed by atoms with van der Waals surface area (Å²) in [6.07, 6.45) is 0.910. The summed E-state index contributed by atoms with van der Waals surface area (Å²) in [4.78, 5) is 40.8. The summed E-state index contributed by atoms with van der Waals surface area (Å²) in [6.45, 7) is 1.26. The van der Waals surface area contributed by atoms with E-state index in [1.54, 1.807) is 25.1 Å². The second-order valence-electron chi connectivity index (χ2n) is 8.87. The predicted octanol–water partition coefficient (Wildman–Crippen LogP) is 4.56. The molecule has 0 bridgehead atoms. The Balaban J connectivity index is 1.39. The van der Waals surface area contributed by atoms with Crippen LogP contribution in [0.25, 0.3) is 0 Å². The molecule has 0 spiro atoms. The first-order chi connectivity index (χ1) is 16.7. The Morgan fingerprint density at radius 3 is 2.54 bits per heavy atom. The molecule has 1 N–H and O–H groups in total. The normalized spacial score (nSPS) is 15.6. The van der Waals surface area contributed by atoms with Gasteiger partial charge in [-0.25, -0.2) is 8.78 Å². The number of carbonyl (C=O) groups is 3. The van der Waals surface area contributed by atoms with Crippen LogP contribution in [0.3, 0.4) is 0 Å². The van der Waals surface area contributed by atoms with Crippen LogP contribution in [0, 0.1) is 5.92 Å². The molecule has 35 heavy (non-hydrogen) atoms.